The summed E-state index contributed by atoms with van der Waals surface area (Å²) in [5.74, 6) is 0.831. The largest absolute Gasteiger partial charge is 0.382 e. The number of pyridine rings is 1. The van der Waals surface area contributed by atoms with Crippen LogP contribution in [0.2, 0.25) is 0 Å². The van der Waals surface area contributed by atoms with Gasteiger partial charge in [0.1, 0.15) is 0 Å². The maximum Gasteiger partial charge on any atom is 0.252 e. The molecule has 2 atom stereocenters. The average Bonchev–Trinajstić information content (AvgIpc) is 2.69. The van der Waals surface area contributed by atoms with Crippen molar-refractivity contribution in [1.82, 2.24) is 4.57 Å². The van der Waals surface area contributed by atoms with Gasteiger partial charge in [0.2, 0.25) is 0 Å². The maximum absolute atomic E-state index is 12.1. The molecule has 1 heterocycles. The van der Waals surface area contributed by atoms with Crippen LogP contribution in [-0.2, 0) is 7.05 Å². The van der Waals surface area contributed by atoms with Crippen LogP contribution in [0.25, 0.3) is 10.9 Å². The zero-order valence-corrected chi connectivity index (χ0v) is 12.9. The second kappa shape index (κ2) is 5.92. The lowest BCUT2D eigenvalue weighted by Crippen LogP contribution is -2.22. The highest BCUT2D eigenvalue weighted by molar-refractivity contribution is 5.91. The van der Waals surface area contributed by atoms with Gasteiger partial charge in [0.25, 0.3) is 5.56 Å². The molecule has 1 N–H and O–H groups in total. The summed E-state index contributed by atoms with van der Waals surface area (Å²) in [6.45, 7) is 2.34. The Hall–Kier alpha value is -1.77. The van der Waals surface area contributed by atoms with Gasteiger partial charge in [0, 0.05) is 30.2 Å². The summed E-state index contributed by atoms with van der Waals surface area (Å²) in [7, 11) is 1.84. The molecule has 0 amide bonds. The molecule has 1 saturated carbocycles. The lowest BCUT2D eigenvalue weighted by atomic mass is 10.0. The Morgan fingerprint density at radius 1 is 1.14 bits per heavy atom. The monoisotopic (exact) mass is 284 g/mol. The number of nitrogens with zero attached hydrogens (tertiary/aromatic N) is 1. The summed E-state index contributed by atoms with van der Waals surface area (Å²) >= 11 is 0. The van der Waals surface area contributed by atoms with Crippen LogP contribution in [0.1, 0.15) is 39.0 Å². The van der Waals surface area contributed by atoms with Gasteiger partial charge in [-0.3, -0.25) is 4.79 Å². The zero-order valence-electron chi connectivity index (χ0n) is 12.9. The van der Waals surface area contributed by atoms with Crippen LogP contribution in [-0.4, -0.2) is 10.6 Å². The minimum atomic E-state index is 0.0539. The number of nitrogens with one attached hydrogen (secondary N) is 1. The highest BCUT2D eigenvalue weighted by atomic mass is 16.1. The molecule has 0 saturated heterocycles. The number of aryl methyl sites for hydroxylation is 1. The number of fused-ring (bicyclic) bond motifs is 1. The van der Waals surface area contributed by atoms with Gasteiger partial charge < -0.3 is 9.88 Å². The lowest BCUT2D eigenvalue weighted by Gasteiger charge is -2.20. The van der Waals surface area contributed by atoms with Gasteiger partial charge >= 0.3 is 0 Å². The summed E-state index contributed by atoms with van der Waals surface area (Å²) < 4.78 is 1.72. The normalized spacial score (nSPS) is 23.0. The average molecular weight is 284 g/mol. The topological polar surface area (TPSA) is 34.0 Å². The minimum Gasteiger partial charge on any atom is -0.382 e. The number of anilines is 1. The van der Waals surface area contributed by atoms with Crippen LogP contribution in [0.4, 0.5) is 5.69 Å². The predicted molar refractivity (Wildman–Crippen MR) is 88.8 cm³/mol. The standard InChI is InChI=1S/C18H24N2O/c1-13-6-5-7-14(11-10-13)19-16-12-18(21)20(2)17-9-4-3-8-15(16)17/h3-4,8-9,12-14,19H,5-7,10-11H2,1-2H3. The second-order valence-corrected chi connectivity index (χ2v) is 6.43. The maximum atomic E-state index is 12.1. The van der Waals surface area contributed by atoms with Crippen molar-refractivity contribution in [3.8, 4) is 0 Å². The Kier molecular flexibility index (Phi) is 4.00. The fourth-order valence-corrected chi connectivity index (χ4v) is 3.38. The van der Waals surface area contributed by atoms with Gasteiger partial charge in [0.05, 0.1) is 5.52 Å². The van der Waals surface area contributed by atoms with Crippen LogP contribution in [0.3, 0.4) is 0 Å². The Morgan fingerprint density at radius 2 is 1.95 bits per heavy atom. The van der Waals surface area contributed by atoms with Crippen molar-refractivity contribution < 1.29 is 0 Å². The van der Waals surface area contributed by atoms with Gasteiger partial charge in [-0.05, 0) is 31.2 Å². The molecule has 1 aliphatic carbocycles. The van der Waals surface area contributed by atoms with E-state index in [2.05, 4.69) is 18.3 Å². The first-order valence-corrected chi connectivity index (χ1v) is 8.00. The van der Waals surface area contributed by atoms with Gasteiger partial charge in [-0.15, -0.1) is 0 Å². The molecule has 1 aliphatic rings. The van der Waals surface area contributed by atoms with Crippen molar-refractivity contribution in [3.63, 3.8) is 0 Å². The van der Waals surface area contributed by atoms with Crippen LogP contribution in [0, 0.1) is 5.92 Å². The van der Waals surface area contributed by atoms with Gasteiger partial charge in [0.15, 0.2) is 0 Å². The van der Waals surface area contributed by atoms with E-state index < -0.39 is 0 Å². The Labute approximate surface area is 126 Å². The number of benzene rings is 1. The third-order valence-corrected chi connectivity index (χ3v) is 4.77. The Balaban J connectivity index is 1.93. The summed E-state index contributed by atoms with van der Waals surface area (Å²) in [5.41, 5.74) is 2.04. The Morgan fingerprint density at radius 3 is 2.81 bits per heavy atom. The minimum absolute atomic E-state index is 0.0539. The molecule has 0 radical (unpaired) electrons. The van der Waals surface area contributed by atoms with E-state index in [0.717, 1.165) is 22.5 Å². The van der Waals surface area contributed by atoms with E-state index >= 15 is 0 Å². The molecular formula is C18H24N2O. The van der Waals surface area contributed by atoms with Gasteiger partial charge in [-0.1, -0.05) is 38.0 Å². The van der Waals surface area contributed by atoms with Crippen LogP contribution in [0.15, 0.2) is 35.1 Å². The number of rotatable bonds is 2. The first-order valence-electron chi connectivity index (χ1n) is 8.00. The summed E-state index contributed by atoms with van der Waals surface area (Å²) in [5, 5.41) is 4.78. The molecule has 3 nitrogen and oxygen atoms in total. The summed E-state index contributed by atoms with van der Waals surface area (Å²) in [6, 6.07) is 10.4. The molecule has 3 heteroatoms. The fraction of sp³-hybridized carbons (Fsp3) is 0.500. The van der Waals surface area contributed by atoms with Gasteiger partial charge in [-0.2, -0.15) is 0 Å². The van der Waals surface area contributed by atoms with E-state index in [1.54, 1.807) is 10.6 Å². The van der Waals surface area contributed by atoms with Crippen molar-refractivity contribution in [2.75, 3.05) is 5.32 Å². The smallest absolute Gasteiger partial charge is 0.252 e. The SMILES string of the molecule is CC1CCCC(Nc2cc(=O)n(C)c3ccccc23)CC1. The third kappa shape index (κ3) is 2.97. The highest BCUT2D eigenvalue weighted by Crippen LogP contribution is 2.27. The molecule has 2 unspecified atom stereocenters. The van der Waals surface area contributed by atoms with E-state index in [0.29, 0.717) is 6.04 Å². The predicted octanol–water partition coefficient (Wildman–Crippen LogP) is 3.92. The molecule has 1 aromatic carbocycles. The first-order chi connectivity index (χ1) is 10.1. The van der Waals surface area contributed by atoms with Crippen molar-refractivity contribution in [1.29, 1.82) is 0 Å². The molecule has 1 fully saturated rings. The molecule has 3 rings (SSSR count). The van der Waals surface area contributed by atoms with Gasteiger partial charge in [-0.25, -0.2) is 0 Å². The summed E-state index contributed by atoms with van der Waals surface area (Å²) in [6.07, 6.45) is 6.29. The van der Waals surface area contributed by atoms with Crippen LogP contribution < -0.4 is 10.9 Å². The molecule has 112 valence electrons. The molecule has 2 aromatic rings. The van der Waals surface area contributed by atoms with E-state index in [4.69, 9.17) is 0 Å². The third-order valence-electron chi connectivity index (χ3n) is 4.77. The zero-order chi connectivity index (χ0) is 14.8. The lowest BCUT2D eigenvalue weighted by molar-refractivity contribution is 0.502. The van der Waals surface area contributed by atoms with E-state index in [1.807, 2.05) is 25.2 Å². The van der Waals surface area contributed by atoms with Crippen molar-refractivity contribution in [2.45, 2.75) is 45.1 Å². The van der Waals surface area contributed by atoms with Crippen LogP contribution in [0.5, 0.6) is 0 Å². The number of aromatic nitrogens is 1. The number of hydrogen-bond donors (Lipinski definition) is 1. The molecular weight excluding hydrogens is 260 g/mol. The quantitative estimate of drug-likeness (QED) is 0.848. The van der Waals surface area contributed by atoms with E-state index in [9.17, 15) is 4.79 Å². The van der Waals surface area contributed by atoms with E-state index in [-0.39, 0.29) is 5.56 Å². The molecule has 1 aromatic heterocycles. The van der Waals surface area contributed by atoms with Crippen molar-refractivity contribution >= 4 is 16.6 Å². The number of para-hydroxylation sites is 1. The second-order valence-electron chi connectivity index (χ2n) is 6.43. The molecule has 0 bridgehead atoms. The highest BCUT2D eigenvalue weighted by Gasteiger charge is 2.17. The summed E-state index contributed by atoms with van der Waals surface area (Å²) in [4.78, 5) is 12.1. The number of hydrogen-bond acceptors (Lipinski definition) is 2. The first kappa shape index (κ1) is 14.2. The van der Waals surface area contributed by atoms with Crippen LogP contribution >= 0.6 is 0 Å². The molecule has 0 spiro atoms. The molecule has 21 heavy (non-hydrogen) atoms. The fourth-order valence-electron chi connectivity index (χ4n) is 3.38. The Bertz CT molecular complexity index is 689. The van der Waals surface area contributed by atoms with Crippen molar-refractivity contribution in [2.24, 2.45) is 13.0 Å². The molecule has 0 aliphatic heterocycles. The van der Waals surface area contributed by atoms with E-state index in [1.165, 1.54) is 32.1 Å². The van der Waals surface area contributed by atoms with Crippen molar-refractivity contribution in [3.05, 3.63) is 40.7 Å².